The highest BCUT2D eigenvalue weighted by atomic mass is 15.4. The molecule has 108 valence electrons. The highest BCUT2D eigenvalue weighted by Crippen LogP contribution is 2.20. The molecular weight excluding hydrogens is 248 g/mol. The Morgan fingerprint density at radius 2 is 2.00 bits per heavy atom. The summed E-state index contributed by atoms with van der Waals surface area (Å²) >= 11 is 0. The second kappa shape index (κ2) is 6.18. The standard InChI is InChI=1S/C16H24N4/c1-6-9-17-13(4)16-14(5)20(19-18-16)15-8-7-11(2)10-12(15)3/h7-8,10,13,17H,6,9H2,1-5H3. The molecule has 0 spiro atoms. The third-order valence-electron chi connectivity index (χ3n) is 3.62. The maximum absolute atomic E-state index is 4.36. The Hall–Kier alpha value is -1.68. The molecule has 1 N–H and O–H groups in total. The largest absolute Gasteiger partial charge is 0.309 e. The Bertz CT molecular complexity index is 586. The molecule has 1 atom stereocenters. The highest BCUT2D eigenvalue weighted by molar-refractivity contribution is 5.43. The molecule has 1 aromatic heterocycles. The van der Waals surface area contributed by atoms with E-state index in [2.05, 4.69) is 68.4 Å². The van der Waals surface area contributed by atoms with Gasteiger partial charge in [-0.05, 0) is 52.3 Å². The zero-order valence-electron chi connectivity index (χ0n) is 13.1. The minimum atomic E-state index is 0.231. The van der Waals surface area contributed by atoms with E-state index in [1.165, 1.54) is 11.1 Å². The first-order valence-electron chi connectivity index (χ1n) is 7.27. The van der Waals surface area contributed by atoms with Crippen molar-refractivity contribution < 1.29 is 0 Å². The molecule has 0 saturated heterocycles. The quantitative estimate of drug-likeness (QED) is 0.908. The van der Waals surface area contributed by atoms with E-state index in [4.69, 9.17) is 0 Å². The van der Waals surface area contributed by atoms with Crippen LogP contribution in [0.2, 0.25) is 0 Å². The minimum absolute atomic E-state index is 0.231. The summed E-state index contributed by atoms with van der Waals surface area (Å²) in [4.78, 5) is 0. The molecule has 0 aliphatic rings. The molecule has 0 radical (unpaired) electrons. The lowest BCUT2D eigenvalue weighted by Crippen LogP contribution is -2.20. The third kappa shape index (κ3) is 2.90. The number of nitrogens with one attached hydrogen (secondary N) is 1. The molecule has 0 amide bonds. The van der Waals surface area contributed by atoms with Gasteiger partial charge in [0.15, 0.2) is 0 Å². The number of aromatic nitrogens is 3. The van der Waals surface area contributed by atoms with Gasteiger partial charge in [0.1, 0.15) is 5.69 Å². The van der Waals surface area contributed by atoms with Gasteiger partial charge in [-0.15, -0.1) is 5.10 Å². The predicted octanol–water partition coefficient (Wildman–Crippen LogP) is 3.25. The Balaban J connectivity index is 2.33. The average Bonchev–Trinajstić information content (AvgIpc) is 2.78. The lowest BCUT2D eigenvalue weighted by molar-refractivity contribution is 0.555. The molecule has 0 bridgehead atoms. The second-order valence-electron chi connectivity index (χ2n) is 5.44. The SMILES string of the molecule is CCCNC(C)c1nnn(-c2ccc(C)cc2C)c1C. The fourth-order valence-corrected chi connectivity index (χ4v) is 2.47. The highest BCUT2D eigenvalue weighted by Gasteiger charge is 2.16. The van der Waals surface area contributed by atoms with E-state index in [1.54, 1.807) is 0 Å². The summed E-state index contributed by atoms with van der Waals surface area (Å²) < 4.78 is 1.94. The first kappa shape index (κ1) is 14.7. The van der Waals surface area contributed by atoms with Gasteiger partial charge in [0, 0.05) is 0 Å². The summed E-state index contributed by atoms with van der Waals surface area (Å²) in [5, 5.41) is 12.2. The van der Waals surface area contributed by atoms with Gasteiger partial charge < -0.3 is 5.32 Å². The molecule has 0 aliphatic heterocycles. The van der Waals surface area contributed by atoms with Crippen LogP contribution in [0, 0.1) is 20.8 Å². The number of nitrogens with zero attached hydrogens (tertiary/aromatic N) is 3. The van der Waals surface area contributed by atoms with Crippen molar-refractivity contribution >= 4 is 0 Å². The van der Waals surface area contributed by atoms with Gasteiger partial charge in [-0.1, -0.05) is 29.8 Å². The molecule has 2 aromatic rings. The van der Waals surface area contributed by atoms with Crippen LogP contribution in [-0.2, 0) is 0 Å². The summed E-state index contributed by atoms with van der Waals surface area (Å²) in [5.74, 6) is 0. The number of rotatable bonds is 5. The van der Waals surface area contributed by atoms with Gasteiger partial charge in [-0.2, -0.15) is 0 Å². The molecule has 4 nitrogen and oxygen atoms in total. The van der Waals surface area contributed by atoms with E-state index >= 15 is 0 Å². The van der Waals surface area contributed by atoms with Crippen molar-refractivity contribution in [1.29, 1.82) is 0 Å². The van der Waals surface area contributed by atoms with Crippen LogP contribution in [0.3, 0.4) is 0 Å². The van der Waals surface area contributed by atoms with E-state index in [0.29, 0.717) is 0 Å². The lowest BCUT2D eigenvalue weighted by Gasteiger charge is -2.12. The van der Waals surface area contributed by atoms with E-state index in [1.807, 2.05) is 4.68 Å². The monoisotopic (exact) mass is 272 g/mol. The van der Waals surface area contributed by atoms with Crippen LogP contribution >= 0.6 is 0 Å². The Labute approximate surface area is 121 Å². The van der Waals surface area contributed by atoms with Crippen LogP contribution in [0.15, 0.2) is 18.2 Å². The normalized spacial score (nSPS) is 12.7. The Morgan fingerprint density at radius 3 is 2.65 bits per heavy atom. The second-order valence-corrected chi connectivity index (χ2v) is 5.44. The Kier molecular flexibility index (Phi) is 4.55. The molecular formula is C16H24N4. The maximum atomic E-state index is 4.36. The topological polar surface area (TPSA) is 42.7 Å². The summed E-state index contributed by atoms with van der Waals surface area (Å²) in [6, 6.07) is 6.63. The number of benzene rings is 1. The molecule has 1 aromatic carbocycles. The molecule has 2 rings (SSSR count). The van der Waals surface area contributed by atoms with Gasteiger partial charge in [-0.3, -0.25) is 0 Å². The van der Waals surface area contributed by atoms with Crippen LogP contribution in [-0.4, -0.2) is 21.5 Å². The zero-order chi connectivity index (χ0) is 14.7. The molecule has 0 aliphatic carbocycles. The summed E-state index contributed by atoms with van der Waals surface area (Å²) in [5.41, 5.74) is 5.72. The van der Waals surface area contributed by atoms with Crippen molar-refractivity contribution in [1.82, 2.24) is 20.3 Å². The minimum Gasteiger partial charge on any atom is -0.309 e. The summed E-state index contributed by atoms with van der Waals surface area (Å²) in [7, 11) is 0. The van der Waals surface area contributed by atoms with Gasteiger partial charge in [0.2, 0.25) is 0 Å². The van der Waals surface area contributed by atoms with Crippen LogP contribution in [0.5, 0.6) is 0 Å². The third-order valence-corrected chi connectivity index (χ3v) is 3.62. The first-order valence-corrected chi connectivity index (χ1v) is 7.27. The van der Waals surface area contributed by atoms with Crippen molar-refractivity contribution in [3.8, 4) is 5.69 Å². The van der Waals surface area contributed by atoms with E-state index in [-0.39, 0.29) is 6.04 Å². The Morgan fingerprint density at radius 1 is 1.25 bits per heavy atom. The first-order chi connectivity index (χ1) is 9.54. The van der Waals surface area contributed by atoms with Crippen LogP contribution in [0.4, 0.5) is 0 Å². The van der Waals surface area contributed by atoms with Crippen LogP contribution < -0.4 is 5.32 Å². The zero-order valence-corrected chi connectivity index (χ0v) is 13.1. The molecule has 0 saturated carbocycles. The smallest absolute Gasteiger partial charge is 0.103 e. The maximum Gasteiger partial charge on any atom is 0.103 e. The van der Waals surface area contributed by atoms with Crippen LogP contribution in [0.1, 0.15) is 48.8 Å². The molecule has 0 fully saturated rings. The summed E-state index contributed by atoms with van der Waals surface area (Å²) in [6.45, 7) is 11.6. The average molecular weight is 272 g/mol. The number of hydrogen-bond donors (Lipinski definition) is 1. The summed E-state index contributed by atoms with van der Waals surface area (Å²) in [6.07, 6.45) is 1.12. The van der Waals surface area contributed by atoms with Crippen LogP contribution in [0.25, 0.3) is 5.69 Å². The fourth-order valence-electron chi connectivity index (χ4n) is 2.47. The van der Waals surface area contributed by atoms with E-state index in [0.717, 1.165) is 30.0 Å². The predicted molar refractivity (Wildman–Crippen MR) is 82.3 cm³/mol. The number of hydrogen-bond acceptors (Lipinski definition) is 3. The van der Waals surface area contributed by atoms with Gasteiger partial charge >= 0.3 is 0 Å². The molecule has 20 heavy (non-hydrogen) atoms. The molecule has 1 heterocycles. The van der Waals surface area contributed by atoms with Crippen molar-refractivity contribution in [2.45, 2.75) is 47.1 Å². The van der Waals surface area contributed by atoms with Gasteiger partial charge in [-0.25, -0.2) is 4.68 Å². The van der Waals surface area contributed by atoms with Crippen molar-refractivity contribution in [3.05, 3.63) is 40.7 Å². The van der Waals surface area contributed by atoms with Crippen molar-refractivity contribution in [2.75, 3.05) is 6.54 Å². The molecule has 4 heteroatoms. The molecule has 1 unspecified atom stereocenters. The van der Waals surface area contributed by atoms with Gasteiger partial charge in [0.05, 0.1) is 17.4 Å². The lowest BCUT2D eigenvalue weighted by atomic mass is 10.1. The van der Waals surface area contributed by atoms with Crippen molar-refractivity contribution in [2.24, 2.45) is 0 Å². The number of aryl methyl sites for hydroxylation is 2. The van der Waals surface area contributed by atoms with Crippen molar-refractivity contribution in [3.63, 3.8) is 0 Å². The van der Waals surface area contributed by atoms with E-state index in [9.17, 15) is 0 Å². The fraction of sp³-hybridized carbons (Fsp3) is 0.500. The van der Waals surface area contributed by atoms with Gasteiger partial charge in [0.25, 0.3) is 0 Å². The van der Waals surface area contributed by atoms with E-state index < -0.39 is 0 Å².